The van der Waals surface area contributed by atoms with Gasteiger partial charge >= 0.3 is 0 Å². The maximum atomic E-state index is 10.2. The normalized spacial score (nSPS) is 12.2. The van der Waals surface area contributed by atoms with Crippen molar-refractivity contribution in [1.82, 2.24) is 0 Å². The molecule has 2 nitrogen and oxygen atoms in total. The number of rotatable bonds is 5. The van der Waals surface area contributed by atoms with Gasteiger partial charge in [-0.25, -0.2) is 9.79 Å². The summed E-state index contributed by atoms with van der Waals surface area (Å²) in [7, 11) is 0. The summed E-state index contributed by atoms with van der Waals surface area (Å²) in [5, 5.41) is 0. The second-order valence-electron chi connectivity index (χ2n) is 4.38. The molecule has 0 saturated carbocycles. The summed E-state index contributed by atoms with van der Waals surface area (Å²) in [5.74, 6) is 0.789. The molecule has 1 aromatic rings. The first kappa shape index (κ1) is 12.7. The van der Waals surface area contributed by atoms with E-state index in [1.165, 1.54) is 11.1 Å². The van der Waals surface area contributed by atoms with Gasteiger partial charge < -0.3 is 0 Å². The molecule has 0 aliphatic rings. The van der Waals surface area contributed by atoms with E-state index in [-0.39, 0.29) is 0 Å². The van der Waals surface area contributed by atoms with Crippen molar-refractivity contribution in [2.45, 2.75) is 33.1 Å². The van der Waals surface area contributed by atoms with Crippen molar-refractivity contribution in [1.29, 1.82) is 0 Å². The van der Waals surface area contributed by atoms with Gasteiger partial charge in [-0.05, 0) is 23.5 Å². The number of nitrogens with zero attached hydrogens (tertiary/aromatic N) is 1. The molecule has 1 aromatic carbocycles. The molecular formula is C14H19NO. The van der Waals surface area contributed by atoms with Crippen LogP contribution in [0.5, 0.6) is 0 Å². The van der Waals surface area contributed by atoms with Gasteiger partial charge in [0.05, 0.1) is 6.54 Å². The van der Waals surface area contributed by atoms with Crippen LogP contribution in [0.1, 0.15) is 37.8 Å². The van der Waals surface area contributed by atoms with Gasteiger partial charge in [-0.15, -0.1) is 0 Å². The molecule has 2 heteroatoms. The second kappa shape index (κ2) is 6.24. The van der Waals surface area contributed by atoms with Crippen molar-refractivity contribution in [2.24, 2.45) is 10.9 Å². The molecule has 0 aliphatic heterocycles. The third-order valence-corrected chi connectivity index (χ3v) is 2.97. The molecule has 0 spiro atoms. The highest BCUT2D eigenvalue weighted by Gasteiger charge is 2.15. The lowest BCUT2D eigenvalue weighted by molar-refractivity contribution is 0.502. The van der Waals surface area contributed by atoms with E-state index in [9.17, 15) is 4.79 Å². The molecule has 0 heterocycles. The van der Waals surface area contributed by atoms with Gasteiger partial charge in [0.1, 0.15) is 0 Å². The van der Waals surface area contributed by atoms with Gasteiger partial charge in [-0.1, -0.05) is 45.0 Å². The van der Waals surface area contributed by atoms with Gasteiger partial charge in [-0.2, -0.15) is 0 Å². The fourth-order valence-corrected chi connectivity index (χ4v) is 1.84. The molecule has 0 bridgehead atoms. The zero-order valence-electron chi connectivity index (χ0n) is 10.2. The van der Waals surface area contributed by atoms with E-state index < -0.39 is 0 Å². The molecule has 1 rings (SSSR count). The summed E-state index contributed by atoms with van der Waals surface area (Å²) in [5.41, 5.74) is 2.59. The SMILES string of the molecule is CCc1ccc(C(CN=C=O)C(C)C)cc1. The zero-order chi connectivity index (χ0) is 12.0. The first-order chi connectivity index (χ1) is 7.69. The summed E-state index contributed by atoms with van der Waals surface area (Å²) in [6.07, 6.45) is 2.68. The average molecular weight is 217 g/mol. The molecule has 1 unspecified atom stereocenters. The molecule has 1 atom stereocenters. The fourth-order valence-electron chi connectivity index (χ4n) is 1.84. The van der Waals surface area contributed by atoms with E-state index >= 15 is 0 Å². The van der Waals surface area contributed by atoms with Crippen LogP contribution < -0.4 is 0 Å². The minimum atomic E-state index is 0.312. The number of hydrogen-bond acceptors (Lipinski definition) is 2. The third kappa shape index (κ3) is 3.32. The summed E-state index contributed by atoms with van der Waals surface area (Å²) in [6, 6.07) is 8.58. The van der Waals surface area contributed by atoms with E-state index in [1.807, 2.05) is 0 Å². The predicted molar refractivity (Wildman–Crippen MR) is 66.4 cm³/mol. The molecule has 0 N–H and O–H groups in total. The zero-order valence-corrected chi connectivity index (χ0v) is 10.2. The summed E-state index contributed by atoms with van der Waals surface area (Å²) in [4.78, 5) is 13.9. The number of aliphatic imine (C=N–C) groups is 1. The Balaban J connectivity index is 2.87. The largest absolute Gasteiger partial charge is 0.234 e. The Labute approximate surface area is 97.4 Å². The number of aryl methyl sites for hydroxylation is 1. The molecule has 0 fully saturated rings. The van der Waals surface area contributed by atoms with Crippen molar-refractivity contribution >= 4 is 6.08 Å². The van der Waals surface area contributed by atoms with E-state index in [0.29, 0.717) is 18.4 Å². The minimum absolute atomic E-state index is 0.312. The van der Waals surface area contributed by atoms with Crippen LogP contribution in [0.2, 0.25) is 0 Å². The Morgan fingerprint density at radius 2 is 1.88 bits per heavy atom. The molecule has 0 radical (unpaired) electrons. The quantitative estimate of drug-likeness (QED) is 0.549. The van der Waals surface area contributed by atoms with E-state index in [0.717, 1.165) is 6.42 Å². The molecule has 86 valence electrons. The molecular weight excluding hydrogens is 198 g/mol. The van der Waals surface area contributed by atoms with Crippen molar-refractivity contribution in [3.63, 3.8) is 0 Å². The highest BCUT2D eigenvalue weighted by atomic mass is 16.1. The second-order valence-corrected chi connectivity index (χ2v) is 4.38. The minimum Gasteiger partial charge on any atom is -0.211 e. The lowest BCUT2D eigenvalue weighted by atomic mass is 9.88. The Morgan fingerprint density at radius 1 is 1.25 bits per heavy atom. The van der Waals surface area contributed by atoms with Crippen molar-refractivity contribution < 1.29 is 4.79 Å². The van der Waals surface area contributed by atoms with Crippen molar-refractivity contribution in [3.8, 4) is 0 Å². The average Bonchev–Trinajstić information content (AvgIpc) is 2.30. The molecule has 16 heavy (non-hydrogen) atoms. The highest BCUT2D eigenvalue weighted by Crippen LogP contribution is 2.25. The monoisotopic (exact) mass is 217 g/mol. The summed E-state index contributed by atoms with van der Waals surface area (Å²) >= 11 is 0. The van der Waals surface area contributed by atoms with Crippen molar-refractivity contribution in [2.75, 3.05) is 6.54 Å². The maximum Gasteiger partial charge on any atom is 0.234 e. The highest BCUT2D eigenvalue weighted by molar-refractivity contribution is 5.34. The lowest BCUT2D eigenvalue weighted by Gasteiger charge is -2.18. The predicted octanol–water partition coefficient (Wildman–Crippen LogP) is 3.32. The third-order valence-electron chi connectivity index (χ3n) is 2.97. The summed E-state index contributed by atoms with van der Waals surface area (Å²) < 4.78 is 0. The van der Waals surface area contributed by atoms with Crippen LogP contribution in [0.3, 0.4) is 0 Å². The maximum absolute atomic E-state index is 10.2. The Kier molecular flexibility index (Phi) is 4.94. The topological polar surface area (TPSA) is 29.4 Å². The van der Waals surface area contributed by atoms with Gasteiger partial charge in [0.25, 0.3) is 0 Å². The standard InChI is InChI=1S/C14H19NO/c1-4-12-5-7-13(8-6-12)14(11(2)3)9-15-10-16/h5-8,11,14H,4,9H2,1-3H3. The van der Waals surface area contributed by atoms with Crippen LogP contribution in [-0.2, 0) is 11.2 Å². The van der Waals surface area contributed by atoms with Gasteiger partial charge in [0.2, 0.25) is 6.08 Å². The lowest BCUT2D eigenvalue weighted by Crippen LogP contribution is -2.10. The smallest absolute Gasteiger partial charge is 0.211 e. The van der Waals surface area contributed by atoms with Crippen LogP contribution in [0, 0.1) is 5.92 Å². The Hall–Kier alpha value is -1.40. The molecule has 0 amide bonds. The van der Waals surface area contributed by atoms with E-state index in [1.54, 1.807) is 6.08 Å². The van der Waals surface area contributed by atoms with Crippen LogP contribution >= 0.6 is 0 Å². The van der Waals surface area contributed by atoms with Crippen LogP contribution in [-0.4, -0.2) is 12.6 Å². The van der Waals surface area contributed by atoms with Gasteiger partial charge in [0, 0.05) is 5.92 Å². The van der Waals surface area contributed by atoms with Crippen LogP contribution in [0.25, 0.3) is 0 Å². The van der Waals surface area contributed by atoms with E-state index in [2.05, 4.69) is 50.0 Å². The van der Waals surface area contributed by atoms with Gasteiger partial charge in [-0.3, -0.25) is 0 Å². The van der Waals surface area contributed by atoms with Crippen molar-refractivity contribution in [3.05, 3.63) is 35.4 Å². The first-order valence-electron chi connectivity index (χ1n) is 5.81. The Bertz CT molecular complexity index is 361. The molecule has 0 saturated heterocycles. The van der Waals surface area contributed by atoms with Crippen LogP contribution in [0.4, 0.5) is 0 Å². The Morgan fingerprint density at radius 3 is 2.31 bits per heavy atom. The number of carbonyl (C=O) groups excluding carboxylic acids is 1. The number of benzene rings is 1. The fraction of sp³-hybridized carbons (Fsp3) is 0.500. The molecule has 0 aromatic heterocycles. The number of hydrogen-bond donors (Lipinski definition) is 0. The summed E-state index contributed by atoms with van der Waals surface area (Å²) in [6.45, 7) is 6.98. The molecule has 0 aliphatic carbocycles. The number of isocyanates is 1. The van der Waals surface area contributed by atoms with Gasteiger partial charge in [0.15, 0.2) is 0 Å². The van der Waals surface area contributed by atoms with E-state index in [4.69, 9.17) is 0 Å². The first-order valence-corrected chi connectivity index (χ1v) is 5.81. The van der Waals surface area contributed by atoms with Crippen LogP contribution in [0.15, 0.2) is 29.3 Å².